The van der Waals surface area contributed by atoms with Gasteiger partial charge in [0.05, 0.1) is 19.2 Å². The van der Waals surface area contributed by atoms with Crippen LogP contribution in [0.3, 0.4) is 0 Å². The number of hydrogen-bond donors (Lipinski definition) is 1. The minimum Gasteiger partial charge on any atom is -0.465 e. The van der Waals surface area contributed by atoms with Gasteiger partial charge >= 0.3 is 5.97 Å². The Morgan fingerprint density at radius 3 is 2.48 bits per heavy atom. The van der Waals surface area contributed by atoms with Gasteiger partial charge < -0.3 is 10.1 Å². The number of anilines is 1. The van der Waals surface area contributed by atoms with Crippen molar-refractivity contribution in [2.24, 2.45) is 0 Å². The normalized spacial score (nSPS) is 15.3. The van der Waals surface area contributed by atoms with Gasteiger partial charge in [0.1, 0.15) is 5.00 Å². The fraction of sp³-hybridized carbons (Fsp3) is 0.455. The average molecular weight is 416 g/mol. The van der Waals surface area contributed by atoms with Gasteiger partial charge in [0.2, 0.25) is 5.91 Å². The van der Waals surface area contributed by atoms with Gasteiger partial charge in [0.25, 0.3) is 0 Å². The number of piperazine rings is 1. The third-order valence-electron chi connectivity index (χ3n) is 5.28. The largest absolute Gasteiger partial charge is 0.465 e. The lowest BCUT2D eigenvalue weighted by atomic mass is 10.1. The Labute approximate surface area is 176 Å². The second-order valence-corrected chi connectivity index (χ2v) is 8.46. The standard InChI is InChI=1S/C22H29N3O3S/c1-4-18-13-19(22(27)28-3)21(29-18)23-20(26)15-25-11-9-24(10-12-25)14-17-8-6-5-7-16(17)2/h5-8,13H,4,9-12,14-15H2,1-3H3,(H,23,26). The third kappa shape index (κ3) is 5.65. The number of carbonyl (C=O) groups excluding carboxylic acids is 2. The molecule has 1 aliphatic rings. The first-order valence-electron chi connectivity index (χ1n) is 10.00. The highest BCUT2D eigenvalue weighted by Crippen LogP contribution is 2.29. The molecule has 0 spiro atoms. The van der Waals surface area contributed by atoms with Crippen LogP contribution in [0.25, 0.3) is 0 Å². The number of esters is 1. The van der Waals surface area contributed by atoms with E-state index in [0.717, 1.165) is 44.0 Å². The number of benzene rings is 1. The number of nitrogens with one attached hydrogen (secondary N) is 1. The number of methoxy groups -OCH3 is 1. The van der Waals surface area contributed by atoms with Crippen LogP contribution in [0, 0.1) is 6.92 Å². The van der Waals surface area contributed by atoms with E-state index in [4.69, 9.17) is 4.74 Å². The number of carbonyl (C=O) groups is 2. The fourth-order valence-electron chi connectivity index (χ4n) is 3.47. The molecule has 0 unspecified atom stereocenters. The third-order valence-corrected chi connectivity index (χ3v) is 6.47. The molecule has 2 heterocycles. The summed E-state index contributed by atoms with van der Waals surface area (Å²) in [5.74, 6) is -0.506. The molecule has 0 saturated carbocycles. The highest BCUT2D eigenvalue weighted by atomic mass is 32.1. The Morgan fingerprint density at radius 1 is 1.14 bits per heavy atom. The maximum absolute atomic E-state index is 12.5. The van der Waals surface area contributed by atoms with E-state index in [2.05, 4.69) is 46.3 Å². The van der Waals surface area contributed by atoms with E-state index in [1.807, 2.05) is 6.92 Å². The number of amides is 1. The molecule has 1 aliphatic heterocycles. The van der Waals surface area contributed by atoms with Gasteiger partial charge in [-0.1, -0.05) is 31.2 Å². The monoisotopic (exact) mass is 415 g/mol. The molecule has 1 saturated heterocycles. The van der Waals surface area contributed by atoms with Crippen LogP contribution in [0.1, 0.15) is 33.3 Å². The van der Waals surface area contributed by atoms with E-state index < -0.39 is 5.97 Å². The first-order chi connectivity index (χ1) is 14.0. The van der Waals surface area contributed by atoms with Crippen molar-refractivity contribution in [3.63, 3.8) is 0 Å². The SMILES string of the molecule is CCc1cc(C(=O)OC)c(NC(=O)CN2CCN(Cc3ccccc3C)CC2)s1. The van der Waals surface area contributed by atoms with E-state index in [1.54, 1.807) is 6.07 Å². The van der Waals surface area contributed by atoms with Crippen LogP contribution in [0.2, 0.25) is 0 Å². The summed E-state index contributed by atoms with van der Waals surface area (Å²) in [6, 6.07) is 10.3. The number of aryl methyl sites for hydroxylation is 2. The predicted octanol–water partition coefficient (Wildman–Crippen LogP) is 3.16. The van der Waals surface area contributed by atoms with Crippen LogP contribution in [0.15, 0.2) is 30.3 Å². The van der Waals surface area contributed by atoms with Gasteiger partial charge in [-0.3, -0.25) is 14.6 Å². The van der Waals surface area contributed by atoms with E-state index in [0.29, 0.717) is 17.1 Å². The van der Waals surface area contributed by atoms with Crippen molar-refractivity contribution in [1.82, 2.24) is 9.80 Å². The van der Waals surface area contributed by atoms with Gasteiger partial charge in [0, 0.05) is 37.6 Å². The molecule has 0 atom stereocenters. The molecule has 6 nitrogen and oxygen atoms in total. The zero-order chi connectivity index (χ0) is 20.8. The Morgan fingerprint density at radius 2 is 1.83 bits per heavy atom. The average Bonchev–Trinajstić information content (AvgIpc) is 3.13. The van der Waals surface area contributed by atoms with Crippen molar-refractivity contribution >= 4 is 28.2 Å². The van der Waals surface area contributed by atoms with Gasteiger partial charge in [-0.05, 0) is 30.5 Å². The molecule has 1 amide bonds. The van der Waals surface area contributed by atoms with Crippen LogP contribution in [-0.2, 0) is 22.5 Å². The van der Waals surface area contributed by atoms with Crippen molar-refractivity contribution in [2.75, 3.05) is 45.2 Å². The smallest absolute Gasteiger partial charge is 0.340 e. The first-order valence-corrected chi connectivity index (χ1v) is 10.8. The first kappa shape index (κ1) is 21.5. The maximum Gasteiger partial charge on any atom is 0.340 e. The molecule has 1 fully saturated rings. The summed E-state index contributed by atoms with van der Waals surface area (Å²) in [5.41, 5.74) is 3.11. The van der Waals surface area contributed by atoms with Crippen LogP contribution < -0.4 is 5.32 Å². The van der Waals surface area contributed by atoms with Gasteiger partial charge in [-0.2, -0.15) is 0 Å². The maximum atomic E-state index is 12.5. The van der Waals surface area contributed by atoms with Crippen molar-refractivity contribution in [3.05, 3.63) is 51.9 Å². The summed E-state index contributed by atoms with van der Waals surface area (Å²) in [4.78, 5) is 30.1. The minimum atomic E-state index is -0.416. The molecule has 29 heavy (non-hydrogen) atoms. The Bertz CT molecular complexity index is 857. The molecule has 2 aromatic rings. The summed E-state index contributed by atoms with van der Waals surface area (Å²) in [5, 5.41) is 3.49. The van der Waals surface area contributed by atoms with E-state index in [1.165, 1.54) is 29.6 Å². The number of thiophene rings is 1. The summed E-state index contributed by atoms with van der Waals surface area (Å²) in [7, 11) is 1.35. The van der Waals surface area contributed by atoms with E-state index >= 15 is 0 Å². The van der Waals surface area contributed by atoms with E-state index in [-0.39, 0.29) is 5.91 Å². The van der Waals surface area contributed by atoms with Crippen molar-refractivity contribution in [2.45, 2.75) is 26.8 Å². The van der Waals surface area contributed by atoms with Gasteiger partial charge in [-0.15, -0.1) is 11.3 Å². The lowest BCUT2D eigenvalue weighted by molar-refractivity contribution is -0.117. The van der Waals surface area contributed by atoms with Crippen LogP contribution in [0.5, 0.6) is 0 Å². The highest BCUT2D eigenvalue weighted by molar-refractivity contribution is 7.16. The summed E-state index contributed by atoms with van der Waals surface area (Å²) in [6.07, 6.45) is 0.813. The fourth-order valence-corrected chi connectivity index (χ4v) is 4.47. The molecular weight excluding hydrogens is 386 g/mol. The Hall–Kier alpha value is -2.22. The zero-order valence-electron chi connectivity index (χ0n) is 17.4. The van der Waals surface area contributed by atoms with Crippen LogP contribution in [0.4, 0.5) is 5.00 Å². The minimum absolute atomic E-state index is 0.0907. The molecule has 0 bridgehead atoms. The van der Waals surface area contributed by atoms with Crippen LogP contribution in [-0.4, -0.2) is 61.5 Å². The highest BCUT2D eigenvalue weighted by Gasteiger charge is 2.22. The zero-order valence-corrected chi connectivity index (χ0v) is 18.2. The number of rotatable bonds is 7. The number of nitrogens with zero attached hydrogens (tertiary/aromatic N) is 2. The topological polar surface area (TPSA) is 61.9 Å². The van der Waals surface area contributed by atoms with Crippen LogP contribution >= 0.6 is 11.3 Å². The number of ether oxygens (including phenoxy) is 1. The molecule has 156 valence electrons. The molecule has 3 rings (SSSR count). The molecule has 0 radical (unpaired) electrons. The lowest BCUT2D eigenvalue weighted by Gasteiger charge is -2.34. The van der Waals surface area contributed by atoms with Gasteiger partial charge in [0.15, 0.2) is 0 Å². The second kappa shape index (κ2) is 10.0. The lowest BCUT2D eigenvalue weighted by Crippen LogP contribution is -2.48. The molecule has 7 heteroatoms. The molecule has 1 aromatic carbocycles. The molecule has 1 aromatic heterocycles. The predicted molar refractivity (Wildman–Crippen MR) is 117 cm³/mol. The summed E-state index contributed by atoms with van der Waals surface area (Å²) >= 11 is 1.44. The Kier molecular flexibility index (Phi) is 7.41. The molecule has 0 aliphatic carbocycles. The van der Waals surface area contributed by atoms with Crippen molar-refractivity contribution < 1.29 is 14.3 Å². The Balaban J connectivity index is 1.51. The number of hydrogen-bond acceptors (Lipinski definition) is 6. The quantitative estimate of drug-likeness (QED) is 0.704. The van der Waals surface area contributed by atoms with E-state index in [9.17, 15) is 9.59 Å². The molecular formula is C22H29N3O3S. The summed E-state index contributed by atoms with van der Waals surface area (Å²) < 4.78 is 4.84. The summed E-state index contributed by atoms with van der Waals surface area (Å²) in [6.45, 7) is 9.04. The molecule has 1 N–H and O–H groups in total. The van der Waals surface area contributed by atoms with Crippen molar-refractivity contribution in [1.29, 1.82) is 0 Å². The van der Waals surface area contributed by atoms with Crippen molar-refractivity contribution in [3.8, 4) is 0 Å². The van der Waals surface area contributed by atoms with Gasteiger partial charge in [-0.25, -0.2) is 4.79 Å². The second-order valence-electron chi connectivity index (χ2n) is 7.33.